The highest BCUT2D eigenvalue weighted by Gasteiger charge is 2.60. The van der Waals surface area contributed by atoms with Crippen LogP contribution >= 0.6 is 11.6 Å². The van der Waals surface area contributed by atoms with Crippen molar-refractivity contribution in [3.05, 3.63) is 94.5 Å². The van der Waals surface area contributed by atoms with E-state index in [4.69, 9.17) is 16.4 Å². The van der Waals surface area contributed by atoms with Gasteiger partial charge < -0.3 is 0 Å². The van der Waals surface area contributed by atoms with Gasteiger partial charge in [0.25, 0.3) is 5.91 Å². The van der Waals surface area contributed by atoms with E-state index < -0.39 is 18.1 Å². The Bertz CT molecular complexity index is 1160. The van der Waals surface area contributed by atoms with Crippen molar-refractivity contribution in [1.29, 1.82) is 0 Å². The van der Waals surface area contributed by atoms with Gasteiger partial charge in [0.15, 0.2) is 6.10 Å². The SMILES string of the molecule is Cc1ccc([C@@H]2[C@@H]3C(=O)N(c4ccc(C)c(Cl)c4)C(=O)[C@H]3ON2c2ccccc2)cc1. The van der Waals surface area contributed by atoms with Gasteiger partial charge in [0.1, 0.15) is 5.92 Å². The molecular weight excluding hydrogens is 412 g/mol. The van der Waals surface area contributed by atoms with E-state index in [1.807, 2.05) is 68.4 Å². The van der Waals surface area contributed by atoms with Gasteiger partial charge in [0, 0.05) is 5.02 Å². The number of fused-ring (bicyclic) bond motifs is 1. The molecule has 3 aromatic carbocycles. The molecule has 2 aliphatic rings. The summed E-state index contributed by atoms with van der Waals surface area (Å²) in [4.78, 5) is 34.2. The normalized spacial score (nSPS) is 22.9. The number of carbonyl (C=O) groups excluding carboxylic acids is 2. The highest BCUT2D eigenvalue weighted by atomic mass is 35.5. The molecule has 3 aromatic rings. The monoisotopic (exact) mass is 432 g/mol. The minimum Gasteiger partial charge on any atom is -0.273 e. The lowest BCUT2D eigenvalue weighted by Crippen LogP contribution is -2.37. The quantitative estimate of drug-likeness (QED) is 0.546. The van der Waals surface area contributed by atoms with Crippen LogP contribution < -0.4 is 9.96 Å². The first-order valence-corrected chi connectivity index (χ1v) is 10.5. The molecule has 5 nitrogen and oxygen atoms in total. The molecular formula is C25H21ClN2O3. The number of hydrogen-bond acceptors (Lipinski definition) is 4. The van der Waals surface area contributed by atoms with Crippen molar-refractivity contribution in [2.24, 2.45) is 5.92 Å². The van der Waals surface area contributed by atoms with Gasteiger partial charge in [-0.1, -0.05) is 65.7 Å². The summed E-state index contributed by atoms with van der Waals surface area (Å²) in [5, 5.41) is 2.21. The van der Waals surface area contributed by atoms with Crippen molar-refractivity contribution in [3.8, 4) is 0 Å². The van der Waals surface area contributed by atoms with Gasteiger partial charge in [0.05, 0.1) is 17.4 Å². The Balaban J connectivity index is 1.58. The third-order valence-corrected chi connectivity index (χ3v) is 6.37. The van der Waals surface area contributed by atoms with Crippen molar-refractivity contribution in [2.75, 3.05) is 9.96 Å². The molecule has 0 spiro atoms. The van der Waals surface area contributed by atoms with Crippen molar-refractivity contribution in [2.45, 2.75) is 26.0 Å². The van der Waals surface area contributed by atoms with E-state index in [9.17, 15) is 9.59 Å². The zero-order chi connectivity index (χ0) is 21.7. The number of rotatable bonds is 3. The Morgan fingerprint density at radius 2 is 1.55 bits per heavy atom. The smallest absolute Gasteiger partial charge is 0.266 e. The van der Waals surface area contributed by atoms with Crippen LogP contribution in [0, 0.1) is 19.8 Å². The maximum Gasteiger partial charge on any atom is 0.266 e. The van der Waals surface area contributed by atoms with Crippen LogP contribution in [0.4, 0.5) is 11.4 Å². The van der Waals surface area contributed by atoms with Crippen LogP contribution in [-0.4, -0.2) is 17.9 Å². The van der Waals surface area contributed by atoms with E-state index in [1.54, 1.807) is 23.3 Å². The minimum atomic E-state index is -0.890. The molecule has 31 heavy (non-hydrogen) atoms. The zero-order valence-corrected chi connectivity index (χ0v) is 17.9. The van der Waals surface area contributed by atoms with Crippen LogP contribution in [0.2, 0.25) is 5.02 Å². The summed E-state index contributed by atoms with van der Waals surface area (Å²) in [6, 6.07) is 22.3. The zero-order valence-electron chi connectivity index (χ0n) is 17.2. The molecule has 3 atom stereocenters. The Morgan fingerprint density at radius 1 is 0.839 bits per heavy atom. The summed E-state index contributed by atoms with van der Waals surface area (Å²) in [5.74, 6) is -1.31. The van der Waals surface area contributed by atoms with Crippen molar-refractivity contribution in [1.82, 2.24) is 0 Å². The Labute approximate surface area is 185 Å². The molecule has 2 amide bonds. The first-order valence-electron chi connectivity index (χ1n) is 10.2. The lowest BCUT2D eigenvalue weighted by atomic mass is 9.90. The highest BCUT2D eigenvalue weighted by Crippen LogP contribution is 2.47. The van der Waals surface area contributed by atoms with Crippen LogP contribution in [0.25, 0.3) is 0 Å². The Morgan fingerprint density at radius 3 is 2.23 bits per heavy atom. The number of nitrogens with zero attached hydrogens (tertiary/aromatic N) is 2. The third-order valence-electron chi connectivity index (χ3n) is 5.96. The second-order valence-corrected chi connectivity index (χ2v) is 8.42. The number of aryl methyl sites for hydroxylation is 2. The number of carbonyl (C=O) groups is 2. The Kier molecular flexibility index (Phi) is 4.80. The topological polar surface area (TPSA) is 49.9 Å². The second kappa shape index (κ2) is 7.52. The van der Waals surface area contributed by atoms with E-state index in [2.05, 4.69) is 0 Å². The van der Waals surface area contributed by atoms with Gasteiger partial charge in [-0.25, -0.2) is 9.96 Å². The predicted molar refractivity (Wildman–Crippen MR) is 120 cm³/mol. The predicted octanol–water partition coefficient (Wildman–Crippen LogP) is 5.01. The van der Waals surface area contributed by atoms with Crippen LogP contribution in [0.5, 0.6) is 0 Å². The molecule has 0 N–H and O–H groups in total. The van der Waals surface area contributed by atoms with Gasteiger partial charge in [-0.2, -0.15) is 0 Å². The standard InChI is InChI=1S/C25H21ClN2O3/c1-15-8-11-17(12-9-15)22-21-23(31-28(22)18-6-4-3-5-7-18)25(30)27(24(21)29)19-13-10-16(2)20(26)14-19/h3-14,21-23H,1-2H3/t21-,22+,23-/m0/s1. The van der Waals surface area contributed by atoms with Crippen molar-refractivity contribution in [3.63, 3.8) is 0 Å². The fourth-order valence-corrected chi connectivity index (χ4v) is 4.47. The van der Waals surface area contributed by atoms with Gasteiger partial charge in [-0.3, -0.25) is 14.4 Å². The average Bonchev–Trinajstić information content (AvgIpc) is 3.28. The van der Waals surface area contributed by atoms with Crippen LogP contribution in [0.3, 0.4) is 0 Å². The molecule has 0 unspecified atom stereocenters. The van der Waals surface area contributed by atoms with Crippen LogP contribution in [-0.2, 0) is 14.4 Å². The van der Waals surface area contributed by atoms with E-state index in [1.165, 1.54) is 4.90 Å². The van der Waals surface area contributed by atoms with Gasteiger partial charge in [0.2, 0.25) is 5.91 Å². The number of imide groups is 1. The lowest BCUT2D eigenvalue weighted by Gasteiger charge is -2.29. The molecule has 6 heteroatoms. The number of hydrogen-bond donors (Lipinski definition) is 0. The van der Waals surface area contributed by atoms with Crippen LogP contribution in [0.15, 0.2) is 72.8 Å². The molecule has 0 radical (unpaired) electrons. The minimum absolute atomic E-state index is 0.279. The van der Waals surface area contributed by atoms with Crippen molar-refractivity contribution < 1.29 is 14.4 Å². The molecule has 0 aliphatic carbocycles. The number of hydroxylamine groups is 1. The molecule has 2 saturated heterocycles. The van der Waals surface area contributed by atoms with E-state index >= 15 is 0 Å². The molecule has 156 valence electrons. The van der Waals surface area contributed by atoms with Crippen molar-refractivity contribution >= 4 is 34.8 Å². The number of halogens is 1. The number of anilines is 2. The largest absolute Gasteiger partial charge is 0.273 e. The van der Waals surface area contributed by atoms with E-state index in [0.717, 1.165) is 22.4 Å². The molecule has 5 rings (SSSR count). The van der Waals surface area contributed by atoms with Gasteiger partial charge in [-0.15, -0.1) is 0 Å². The fraction of sp³-hybridized carbons (Fsp3) is 0.200. The first kappa shape index (κ1) is 19.8. The van der Waals surface area contributed by atoms with Gasteiger partial charge in [-0.05, 0) is 49.2 Å². The van der Waals surface area contributed by atoms with Gasteiger partial charge >= 0.3 is 0 Å². The average molecular weight is 433 g/mol. The van der Waals surface area contributed by atoms with E-state index in [0.29, 0.717) is 10.7 Å². The lowest BCUT2D eigenvalue weighted by molar-refractivity contribution is -0.126. The molecule has 0 bridgehead atoms. The fourth-order valence-electron chi connectivity index (χ4n) is 4.29. The molecule has 2 fully saturated rings. The Hall–Kier alpha value is -3.15. The number of amides is 2. The first-order chi connectivity index (χ1) is 15.0. The summed E-state index contributed by atoms with van der Waals surface area (Å²) in [7, 11) is 0. The third kappa shape index (κ3) is 3.21. The second-order valence-electron chi connectivity index (χ2n) is 8.01. The summed E-state index contributed by atoms with van der Waals surface area (Å²) in [6.07, 6.45) is -0.890. The summed E-state index contributed by atoms with van der Waals surface area (Å²) < 4.78 is 0. The number of para-hydroxylation sites is 1. The maximum absolute atomic E-state index is 13.6. The molecule has 2 heterocycles. The van der Waals surface area contributed by atoms with Crippen LogP contribution in [0.1, 0.15) is 22.7 Å². The number of benzene rings is 3. The highest BCUT2D eigenvalue weighted by molar-refractivity contribution is 6.32. The molecule has 2 aliphatic heterocycles. The summed E-state index contributed by atoms with van der Waals surface area (Å²) in [5.41, 5.74) is 4.20. The molecule has 0 aromatic heterocycles. The molecule has 0 saturated carbocycles. The maximum atomic E-state index is 13.6. The van der Waals surface area contributed by atoms with E-state index in [-0.39, 0.29) is 11.8 Å². The summed E-state index contributed by atoms with van der Waals surface area (Å²) in [6.45, 7) is 3.89. The summed E-state index contributed by atoms with van der Waals surface area (Å²) >= 11 is 6.26.